The van der Waals surface area contributed by atoms with Gasteiger partial charge in [-0.05, 0) is 12.8 Å². The molecule has 0 aliphatic carbocycles. The lowest BCUT2D eigenvalue weighted by Crippen LogP contribution is -2.47. The van der Waals surface area contributed by atoms with Crippen LogP contribution in [0.1, 0.15) is 25.7 Å². The fraction of sp³-hybridized carbons (Fsp3) is 0.857. The highest BCUT2D eigenvalue weighted by Gasteiger charge is 2.28. The third-order valence-electron chi connectivity index (χ3n) is 3.80. The van der Waals surface area contributed by atoms with Gasteiger partial charge in [0, 0.05) is 31.3 Å². The molecule has 7 heteroatoms. The Balaban J connectivity index is 1.73. The second-order valence-electron chi connectivity index (χ2n) is 5.35. The molecule has 2 rings (SSSR count). The summed E-state index contributed by atoms with van der Waals surface area (Å²) in [7, 11) is 0. The van der Waals surface area contributed by atoms with E-state index < -0.39 is 5.97 Å². The number of rotatable bonds is 6. The van der Waals surface area contributed by atoms with E-state index in [1.807, 2.05) is 0 Å². The summed E-state index contributed by atoms with van der Waals surface area (Å²) in [6, 6.07) is -0.183. The van der Waals surface area contributed by atoms with Gasteiger partial charge in [-0.15, -0.1) is 0 Å². The van der Waals surface area contributed by atoms with Crippen LogP contribution in [0.2, 0.25) is 0 Å². The Morgan fingerprint density at radius 2 is 2.10 bits per heavy atom. The maximum Gasteiger partial charge on any atom is 0.305 e. The number of amides is 1. The number of carbonyl (C=O) groups is 2. The lowest BCUT2D eigenvalue weighted by molar-refractivity contribution is -0.141. The Labute approximate surface area is 129 Å². The van der Waals surface area contributed by atoms with Crippen LogP contribution in [0.4, 0.5) is 0 Å². The van der Waals surface area contributed by atoms with Crippen LogP contribution in [0, 0.1) is 0 Å². The third-order valence-corrected chi connectivity index (χ3v) is 4.89. The van der Waals surface area contributed by atoms with Crippen molar-refractivity contribution in [3.63, 3.8) is 0 Å². The van der Waals surface area contributed by atoms with Gasteiger partial charge in [0.05, 0.1) is 31.6 Å². The molecule has 1 amide bonds. The van der Waals surface area contributed by atoms with Gasteiger partial charge in [0.2, 0.25) is 5.91 Å². The van der Waals surface area contributed by atoms with Gasteiger partial charge in [-0.3, -0.25) is 9.59 Å². The molecule has 0 bridgehead atoms. The van der Waals surface area contributed by atoms with E-state index in [1.165, 1.54) is 0 Å². The summed E-state index contributed by atoms with van der Waals surface area (Å²) in [5.41, 5.74) is 0. The lowest BCUT2D eigenvalue weighted by atomic mass is 10.1. The zero-order valence-electron chi connectivity index (χ0n) is 12.2. The van der Waals surface area contributed by atoms with Crippen LogP contribution in [0.3, 0.4) is 0 Å². The van der Waals surface area contributed by atoms with Gasteiger partial charge in [0.1, 0.15) is 0 Å². The summed E-state index contributed by atoms with van der Waals surface area (Å²) in [5.74, 6) is 0.744. The smallest absolute Gasteiger partial charge is 0.305 e. The number of thioether (sulfide) groups is 1. The van der Waals surface area contributed by atoms with Crippen molar-refractivity contribution in [2.45, 2.75) is 37.8 Å². The van der Waals surface area contributed by atoms with E-state index in [-0.39, 0.29) is 24.5 Å². The van der Waals surface area contributed by atoms with E-state index in [2.05, 4.69) is 0 Å². The molecule has 120 valence electrons. The highest BCUT2D eigenvalue weighted by Crippen LogP contribution is 2.20. The molecule has 0 aromatic carbocycles. The predicted octanol–water partition coefficient (Wildman–Crippen LogP) is 0.991. The van der Waals surface area contributed by atoms with Crippen molar-refractivity contribution in [2.75, 3.05) is 37.9 Å². The molecule has 2 heterocycles. The Morgan fingerprint density at radius 1 is 1.33 bits per heavy atom. The minimum absolute atomic E-state index is 0.00797. The average molecular weight is 317 g/mol. The van der Waals surface area contributed by atoms with E-state index in [1.54, 1.807) is 16.7 Å². The molecule has 2 aliphatic rings. The van der Waals surface area contributed by atoms with Crippen LogP contribution in [-0.2, 0) is 19.1 Å². The highest BCUT2D eigenvalue weighted by molar-refractivity contribution is 7.99. The van der Waals surface area contributed by atoms with Crippen LogP contribution in [-0.4, -0.2) is 71.9 Å². The topological polar surface area (TPSA) is 76.1 Å². The van der Waals surface area contributed by atoms with Crippen LogP contribution in [0.25, 0.3) is 0 Å². The van der Waals surface area contributed by atoms with Gasteiger partial charge in [-0.25, -0.2) is 0 Å². The highest BCUT2D eigenvalue weighted by atomic mass is 32.2. The Morgan fingerprint density at radius 3 is 2.81 bits per heavy atom. The second-order valence-corrected chi connectivity index (χ2v) is 6.50. The molecule has 2 aliphatic heterocycles. The molecule has 2 saturated heterocycles. The fourth-order valence-corrected chi connectivity index (χ4v) is 3.72. The maximum absolute atomic E-state index is 12.3. The van der Waals surface area contributed by atoms with Crippen molar-refractivity contribution in [1.82, 2.24) is 4.90 Å². The minimum Gasteiger partial charge on any atom is -0.481 e. The zero-order valence-corrected chi connectivity index (χ0v) is 13.0. The number of carbonyl (C=O) groups excluding carboxylic acids is 1. The average Bonchev–Trinajstić information content (AvgIpc) is 2.48. The van der Waals surface area contributed by atoms with Crippen molar-refractivity contribution < 1.29 is 24.2 Å². The molecular weight excluding hydrogens is 294 g/mol. The number of carboxylic acids is 1. The van der Waals surface area contributed by atoms with Crippen molar-refractivity contribution in [3.05, 3.63) is 0 Å². The summed E-state index contributed by atoms with van der Waals surface area (Å²) < 4.78 is 11.0. The largest absolute Gasteiger partial charge is 0.481 e. The summed E-state index contributed by atoms with van der Waals surface area (Å²) in [6.07, 6.45) is 2.32. The van der Waals surface area contributed by atoms with Gasteiger partial charge >= 0.3 is 5.97 Å². The normalized spacial score (nSPS) is 24.0. The standard InChI is InChI=1S/C14H23NO5S/c16-13(3-7-20-12-1-5-19-6-2-12)15-4-8-21-10-11(15)9-14(17)18/h11-12H,1-10H2,(H,17,18). The van der Waals surface area contributed by atoms with Gasteiger partial charge in [-0.2, -0.15) is 11.8 Å². The molecule has 0 aromatic rings. The van der Waals surface area contributed by atoms with Crippen molar-refractivity contribution in [2.24, 2.45) is 0 Å². The number of hydrogen-bond donors (Lipinski definition) is 1. The molecule has 0 saturated carbocycles. The quantitative estimate of drug-likeness (QED) is 0.787. The summed E-state index contributed by atoms with van der Waals surface area (Å²) >= 11 is 1.71. The molecule has 21 heavy (non-hydrogen) atoms. The van der Waals surface area contributed by atoms with Crippen molar-refractivity contribution in [3.8, 4) is 0 Å². The molecule has 1 N–H and O–H groups in total. The molecule has 0 aromatic heterocycles. The van der Waals surface area contributed by atoms with E-state index in [9.17, 15) is 9.59 Å². The first-order valence-corrected chi connectivity index (χ1v) is 8.60. The fourth-order valence-electron chi connectivity index (χ4n) is 2.65. The molecule has 2 fully saturated rings. The van der Waals surface area contributed by atoms with E-state index in [4.69, 9.17) is 14.6 Å². The third kappa shape index (κ3) is 5.48. The van der Waals surface area contributed by atoms with Gasteiger partial charge in [0.15, 0.2) is 0 Å². The first-order chi connectivity index (χ1) is 10.2. The summed E-state index contributed by atoms with van der Waals surface area (Å²) in [5, 5.41) is 8.93. The summed E-state index contributed by atoms with van der Waals surface area (Å²) in [4.78, 5) is 24.8. The van der Waals surface area contributed by atoms with Crippen molar-refractivity contribution in [1.29, 1.82) is 0 Å². The van der Waals surface area contributed by atoms with Crippen molar-refractivity contribution >= 4 is 23.6 Å². The number of nitrogens with zero attached hydrogens (tertiary/aromatic N) is 1. The first kappa shape index (κ1) is 16.6. The van der Waals surface area contributed by atoms with E-state index >= 15 is 0 Å². The van der Waals surface area contributed by atoms with Gasteiger partial charge in [-0.1, -0.05) is 0 Å². The molecular formula is C14H23NO5S. The van der Waals surface area contributed by atoms with Gasteiger partial charge in [0.25, 0.3) is 0 Å². The second kappa shape index (κ2) is 8.60. The van der Waals surface area contributed by atoms with E-state index in [0.717, 1.165) is 31.8 Å². The zero-order chi connectivity index (χ0) is 15.1. The Bertz CT molecular complexity index is 359. The van der Waals surface area contributed by atoms with Crippen LogP contribution in [0.5, 0.6) is 0 Å². The minimum atomic E-state index is -0.848. The van der Waals surface area contributed by atoms with Crippen LogP contribution in [0.15, 0.2) is 0 Å². The first-order valence-electron chi connectivity index (χ1n) is 7.45. The summed E-state index contributed by atoms with van der Waals surface area (Å²) in [6.45, 7) is 2.50. The maximum atomic E-state index is 12.3. The lowest BCUT2D eigenvalue weighted by Gasteiger charge is -2.34. The van der Waals surface area contributed by atoms with Crippen LogP contribution >= 0.6 is 11.8 Å². The number of aliphatic carboxylic acids is 1. The predicted molar refractivity (Wildman–Crippen MR) is 79.5 cm³/mol. The molecule has 0 radical (unpaired) electrons. The van der Waals surface area contributed by atoms with Crippen LogP contribution < -0.4 is 0 Å². The number of carboxylic acid groups (broad SMARTS) is 1. The molecule has 1 unspecified atom stereocenters. The Kier molecular flexibility index (Phi) is 6.79. The van der Waals surface area contributed by atoms with Gasteiger partial charge < -0.3 is 19.5 Å². The number of hydrogen-bond acceptors (Lipinski definition) is 5. The SMILES string of the molecule is O=C(O)CC1CSCCN1C(=O)CCOC1CCOCC1. The number of ether oxygens (including phenoxy) is 2. The Hall–Kier alpha value is -0.790. The molecule has 1 atom stereocenters. The molecule has 0 spiro atoms. The molecule has 6 nitrogen and oxygen atoms in total. The monoisotopic (exact) mass is 317 g/mol. The van der Waals surface area contributed by atoms with E-state index in [0.29, 0.717) is 25.3 Å².